The van der Waals surface area contributed by atoms with E-state index in [-0.39, 0.29) is 18.1 Å². The molecule has 0 saturated carbocycles. The third kappa shape index (κ3) is 6.81. The lowest BCUT2D eigenvalue weighted by atomic mass is 9.94. The zero-order chi connectivity index (χ0) is 20.0. The van der Waals surface area contributed by atoms with E-state index in [2.05, 4.69) is 0 Å². The molecule has 1 aromatic rings. The van der Waals surface area contributed by atoms with Gasteiger partial charge in [0.25, 0.3) is 0 Å². The Kier molecular flexibility index (Phi) is 7.16. The fraction of sp³-hybridized carbons (Fsp3) is 0.524. The molecule has 1 heterocycles. The van der Waals surface area contributed by atoms with Crippen molar-refractivity contribution in [2.24, 2.45) is 11.7 Å². The lowest BCUT2D eigenvalue weighted by Crippen LogP contribution is -2.54. The predicted molar refractivity (Wildman–Crippen MR) is 104 cm³/mol. The quantitative estimate of drug-likeness (QED) is 0.630. The van der Waals surface area contributed by atoms with Gasteiger partial charge in [-0.3, -0.25) is 9.69 Å². The number of nitrogens with zero attached hydrogens (tertiary/aromatic N) is 1. The van der Waals surface area contributed by atoms with Gasteiger partial charge in [-0.2, -0.15) is 0 Å². The minimum Gasteiger partial charge on any atom is -0.460 e. The van der Waals surface area contributed by atoms with Crippen LogP contribution in [0.3, 0.4) is 0 Å². The van der Waals surface area contributed by atoms with Crippen LogP contribution in [0.15, 0.2) is 36.4 Å². The number of benzene rings is 1. The lowest BCUT2D eigenvalue weighted by Gasteiger charge is -2.39. The molecule has 1 fully saturated rings. The molecule has 0 aromatic heterocycles. The van der Waals surface area contributed by atoms with Crippen molar-refractivity contribution >= 4 is 18.0 Å². The number of hydrogen-bond acceptors (Lipinski definition) is 6. The second-order valence-electron chi connectivity index (χ2n) is 7.84. The summed E-state index contributed by atoms with van der Waals surface area (Å²) in [6.07, 6.45) is 3.40. The third-order valence-electron chi connectivity index (χ3n) is 4.39. The van der Waals surface area contributed by atoms with E-state index in [9.17, 15) is 9.59 Å². The normalized spacial score (nSPS) is 22.4. The first-order chi connectivity index (χ1) is 12.7. The Morgan fingerprint density at radius 1 is 1.26 bits per heavy atom. The average molecular weight is 374 g/mol. The van der Waals surface area contributed by atoms with E-state index in [0.717, 1.165) is 5.56 Å². The van der Waals surface area contributed by atoms with Gasteiger partial charge in [-0.05, 0) is 52.2 Å². The summed E-state index contributed by atoms with van der Waals surface area (Å²) in [7, 11) is 0. The summed E-state index contributed by atoms with van der Waals surface area (Å²) in [5.41, 5.74) is 6.64. The maximum Gasteiger partial charge on any atom is 0.332 e. The molecule has 6 heteroatoms. The summed E-state index contributed by atoms with van der Waals surface area (Å²) in [6, 6.07) is 9.54. The van der Waals surface area contributed by atoms with Crippen LogP contribution in [0.1, 0.15) is 46.1 Å². The van der Waals surface area contributed by atoms with Gasteiger partial charge >= 0.3 is 11.9 Å². The molecule has 0 bridgehead atoms. The first-order valence-electron chi connectivity index (χ1n) is 9.33. The highest BCUT2D eigenvalue weighted by atomic mass is 16.6. The highest BCUT2D eigenvalue weighted by molar-refractivity contribution is 5.87. The number of hydrogen-bond donors (Lipinski definition) is 1. The highest BCUT2D eigenvalue weighted by Gasteiger charge is 2.35. The molecule has 1 aliphatic heterocycles. The second-order valence-corrected chi connectivity index (χ2v) is 7.84. The van der Waals surface area contributed by atoms with Crippen molar-refractivity contribution in [1.29, 1.82) is 0 Å². The Morgan fingerprint density at radius 2 is 1.93 bits per heavy atom. The smallest absolute Gasteiger partial charge is 0.332 e. The number of ether oxygens (including phenoxy) is 2. The van der Waals surface area contributed by atoms with Crippen LogP contribution in [-0.2, 0) is 19.1 Å². The van der Waals surface area contributed by atoms with Crippen LogP contribution in [0.5, 0.6) is 0 Å². The Balaban J connectivity index is 1.85. The van der Waals surface area contributed by atoms with Gasteiger partial charge in [-0.25, -0.2) is 4.79 Å². The maximum atomic E-state index is 12.2. The molecule has 0 radical (unpaired) electrons. The second kappa shape index (κ2) is 9.15. The molecule has 1 aliphatic rings. The molecule has 6 nitrogen and oxygen atoms in total. The summed E-state index contributed by atoms with van der Waals surface area (Å²) in [5, 5.41) is 0. The summed E-state index contributed by atoms with van der Waals surface area (Å²) in [4.78, 5) is 26.2. The van der Waals surface area contributed by atoms with Crippen molar-refractivity contribution in [3.8, 4) is 0 Å². The summed E-state index contributed by atoms with van der Waals surface area (Å²) in [5.74, 6) is -0.864. The fourth-order valence-electron chi connectivity index (χ4n) is 3.07. The van der Waals surface area contributed by atoms with Crippen LogP contribution in [-0.4, -0.2) is 41.4 Å². The van der Waals surface area contributed by atoms with Gasteiger partial charge in [-0.15, -0.1) is 0 Å². The largest absolute Gasteiger partial charge is 0.460 e. The van der Waals surface area contributed by atoms with Gasteiger partial charge < -0.3 is 15.2 Å². The SMILES string of the molecule is CC(OC(=O)C=Cc1ccccc1)N1CCC(C(=O)OC(C)(C)C)CC1N. The summed E-state index contributed by atoms with van der Waals surface area (Å²) < 4.78 is 10.9. The number of piperidine rings is 1. The van der Waals surface area contributed by atoms with E-state index in [1.54, 1.807) is 13.0 Å². The van der Waals surface area contributed by atoms with Crippen LogP contribution >= 0.6 is 0 Å². The molecule has 0 aliphatic carbocycles. The van der Waals surface area contributed by atoms with E-state index in [4.69, 9.17) is 15.2 Å². The molecule has 2 rings (SSSR count). The lowest BCUT2D eigenvalue weighted by molar-refractivity contribution is -0.168. The van der Waals surface area contributed by atoms with Gasteiger partial charge in [-0.1, -0.05) is 30.3 Å². The minimum atomic E-state index is -0.508. The van der Waals surface area contributed by atoms with Crippen molar-refractivity contribution < 1.29 is 19.1 Å². The molecule has 0 amide bonds. The summed E-state index contributed by atoms with van der Waals surface area (Å²) in [6.45, 7) is 7.92. The molecule has 2 N–H and O–H groups in total. The zero-order valence-corrected chi connectivity index (χ0v) is 16.6. The van der Waals surface area contributed by atoms with Crippen LogP contribution < -0.4 is 5.73 Å². The minimum absolute atomic E-state index is 0.215. The molecule has 1 aromatic carbocycles. The van der Waals surface area contributed by atoms with Crippen molar-refractivity contribution in [3.63, 3.8) is 0 Å². The summed E-state index contributed by atoms with van der Waals surface area (Å²) >= 11 is 0. The highest BCUT2D eigenvalue weighted by Crippen LogP contribution is 2.25. The third-order valence-corrected chi connectivity index (χ3v) is 4.39. The van der Waals surface area contributed by atoms with Crippen LogP contribution in [0.2, 0.25) is 0 Å². The van der Waals surface area contributed by atoms with Crippen LogP contribution in [0, 0.1) is 5.92 Å². The molecule has 3 unspecified atom stereocenters. The first kappa shape index (κ1) is 21.1. The van der Waals surface area contributed by atoms with Crippen LogP contribution in [0.4, 0.5) is 0 Å². The van der Waals surface area contributed by atoms with Gasteiger partial charge in [0, 0.05) is 12.6 Å². The number of carbonyl (C=O) groups excluding carboxylic acids is 2. The Morgan fingerprint density at radius 3 is 2.52 bits per heavy atom. The fourth-order valence-corrected chi connectivity index (χ4v) is 3.07. The Bertz CT molecular complexity index is 667. The zero-order valence-electron chi connectivity index (χ0n) is 16.6. The van der Waals surface area contributed by atoms with Gasteiger partial charge in [0.15, 0.2) is 6.23 Å². The number of rotatable bonds is 5. The molecule has 148 valence electrons. The first-order valence-corrected chi connectivity index (χ1v) is 9.33. The van der Waals surface area contributed by atoms with E-state index >= 15 is 0 Å². The predicted octanol–water partition coefficient (Wildman–Crippen LogP) is 2.93. The van der Waals surface area contributed by atoms with E-state index in [1.807, 2.05) is 56.0 Å². The molecule has 0 spiro atoms. The van der Waals surface area contributed by atoms with Crippen molar-refractivity contribution in [2.75, 3.05) is 6.54 Å². The van der Waals surface area contributed by atoms with Crippen LogP contribution in [0.25, 0.3) is 6.08 Å². The number of likely N-dealkylation sites (tertiary alicyclic amines) is 1. The standard InChI is InChI=1S/C21H30N2O4/c1-15(26-19(24)11-10-16-8-6-5-7-9-16)23-13-12-17(14-18(23)22)20(25)27-21(2,3)4/h5-11,15,17-18H,12-14,22H2,1-4H3. The molecular formula is C21H30N2O4. The monoisotopic (exact) mass is 374 g/mol. The molecule has 1 saturated heterocycles. The Hall–Kier alpha value is -2.18. The number of nitrogens with two attached hydrogens (primary N) is 1. The van der Waals surface area contributed by atoms with E-state index < -0.39 is 17.8 Å². The molecular weight excluding hydrogens is 344 g/mol. The molecule has 3 atom stereocenters. The maximum absolute atomic E-state index is 12.2. The van der Waals surface area contributed by atoms with Crippen molar-refractivity contribution in [3.05, 3.63) is 42.0 Å². The van der Waals surface area contributed by atoms with E-state index in [1.165, 1.54) is 6.08 Å². The van der Waals surface area contributed by atoms with Crippen molar-refractivity contribution in [1.82, 2.24) is 4.90 Å². The van der Waals surface area contributed by atoms with E-state index in [0.29, 0.717) is 19.4 Å². The topological polar surface area (TPSA) is 81.9 Å². The van der Waals surface area contributed by atoms with Gasteiger partial charge in [0.05, 0.1) is 12.1 Å². The average Bonchev–Trinajstić information content (AvgIpc) is 2.59. The van der Waals surface area contributed by atoms with Crippen molar-refractivity contribution in [2.45, 2.75) is 58.5 Å². The number of esters is 2. The van der Waals surface area contributed by atoms with Gasteiger partial charge in [0.2, 0.25) is 0 Å². The Labute approximate surface area is 161 Å². The van der Waals surface area contributed by atoms with Gasteiger partial charge in [0.1, 0.15) is 5.60 Å². The number of carbonyl (C=O) groups is 2. The molecule has 27 heavy (non-hydrogen) atoms.